The van der Waals surface area contributed by atoms with E-state index >= 15 is 0 Å². The van der Waals surface area contributed by atoms with E-state index in [0.29, 0.717) is 16.5 Å². The molecule has 1 aromatic rings. The summed E-state index contributed by atoms with van der Waals surface area (Å²) >= 11 is 6.15. The Morgan fingerprint density at radius 3 is 2.53 bits per heavy atom. The number of nitrogens with zero attached hydrogens (tertiary/aromatic N) is 3. The van der Waals surface area contributed by atoms with Gasteiger partial charge in [-0.05, 0) is 6.54 Å². The van der Waals surface area contributed by atoms with Crippen molar-refractivity contribution in [3.05, 3.63) is 11.2 Å². The Hall–Kier alpha value is -1.20. The Bertz CT molecular complexity index is 401. The van der Waals surface area contributed by atoms with Gasteiger partial charge in [0.1, 0.15) is 5.82 Å². The number of aromatic nitrogens is 1. The molecule has 6 heteroatoms. The molecule has 0 radical (unpaired) electrons. The van der Waals surface area contributed by atoms with E-state index < -0.39 is 0 Å². The monoisotopic (exact) mass is 255 g/mol. The van der Waals surface area contributed by atoms with Crippen molar-refractivity contribution < 1.29 is 0 Å². The lowest BCUT2D eigenvalue weighted by Gasteiger charge is -2.36. The molecule has 1 fully saturated rings. The number of rotatable bonds is 2. The molecule has 0 saturated carbocycles. The minimum absolute atomic E-state index is 0.349. The second-order valence-electron chi connectivity index (χ2n) is 4.17. The summed E-state index contributed by atoms with van der Waals surface area (Å²) in [5.74, 6) is 0.349. The SMILES string of the molecule is CCN1CCN(c2c(Cl)cnc(N)c2N)CC1. The van der Waals surface area contributed by atoms with E-state index in [-0.39, 0.29) is 0 Å². The third kappa shape index (κ3) is 2.40. The molecule has 0 unspecified atom stereocenters. The summed E-state index contributed by atoms with van der Waals surface area (Å²) in [7, 11) is 0. The average molecular weight is 256 g/mol. The summed E-state index contributed by atoms with van der Waals surface area (Å²) in [6.07, 6.45) is 1.56. The van der Waals surface area contributed by atoms with Gasteiger partial charge in [0.25, 0.3) is 0 Å². The van der Waals surface area contributed by atoms with Gasteiger partial charge in [-0.15, -0.1) is 0 Å². The summed E-state index contributed by atoms with van der Waals surface area (Å²) in [6, 6.07) is 0. The highest BCUT2D eigenvalue weighted by molar-refractivity contribution is 6.34. The van der Waals surface area contributed by atoms with Crippen LogP contribution in [0.2, 0.25) is 5.02 Å². The van der Waals surface area contributed by atoms with Crippen LogP contribution in [0.15, 0.2) is 6.20 Å². The number of nitrogen functional groups attached to an aromatic ring is 2. The summed E-state index contributed by atoms with van der Waals surface area (Å²) in [5, 5.41) is 0.571. The fourth-order valence-electron chi connectivity index (χ4n) is 2.12. The Morgan fingerprint density at radius 1 is 1.29 bits per heavy atom. The maximum Gasteiger partial charge on any atom is 0.148 e. The second-order valence-corrected chi connectivity index (χ2v) is 4.58. The third-order valence-corrected chi connectivity index (χ3v) is 3.49. The van der Waals surface area contributed by atoms with Crippen molar-refractivity contribution in [2.75, 3.05) is 49.1 Å². The zero-order valence-electron chi connectivity index (χ0n) is 9.99. The first-order valence-corrected chi connectivity index (χ1v) is 6.18. The maximum atomic E-state index is 6.15. The van der Waals surface area contributed by atoms with Crippen molar-refractivity contribution in [3.8, 4) is 0 Å². The fraction of sp³-hybridized carbons (Fsp3) is 0.545. The number of anilines is 3. The van der Waals surface area contributed by atoms with Crippen molar-refractivity contribution in [1.82, 2.24) is 9.88 Å². The van der Waals surface area contributed by atoms with Gasteiger partial charge in [0.2, 0.25) is 0 Å². The predicted octanol–water partition coefficient (Wildman–Crippen LogP) is 1.04. The summed E-state index contributed by atoms with van der Waals surface area (Å²) in [6.45, 7) is 7.13. The van der Waals surface area contributed by atoms with Crippen LogP contribution in [0.25, 0.3) is 0 Å². The van der Waals surface area contributed by atoms with Gasteiger partial charge >= 0.3 is 0 Å². The molecule has 1 saturated heterocycles. The lowest BCUT2D eigenvalue weighted by Crippen LogP contribution is -2.46. The highest BCUT2D eigenvalue weighted by atomic mass is 35.5. The van der Waals surface area contributed by atoms with E-state index in [0.717, 1.165) is 38.4 Å². The van der Waals surface area contributed by atoms with Crippen molar-refractivity contribution in [2.24, 2.45) is 0 Å². The summed E-state index contributed by atoms with van der Waals surface area (Å²) in [5.41, 5.74) is 13.0. The number of hydrogen-bond acceptors (Lipinski definition) is 5. The van der Waals surface area contributed by atoms with E-state index in [9.17, 15) is 0 Å². The normalized spacial score (nSPS) is 17.4. The molecule has 4 N–H and O–H groups in total. The molecule has 0 bridgehead atoms. The maximum absolute atomic E-state index is 6.15. The molecule has 94 valence electrons. The van der Waals surface area contributed by atoms with Gasteiger partial charge in [0.05, 0.1) is 22.6 Å². The predicted molar refractivity (Wildman–Crippen MR) is 72.4 cm³/mol. The number of likely N-dealkylation sites (N-methyl/N-ethyl adjacent to an activating group) is 1. The van der Waals surface area contributed by atoms with Crippen LogP contribution < -0.4 is 16.4 Å². The zero-order valence-corrected chi connectivity index (χ0v) is 10.7. The van der Waals surface area contributed by atoms with Crippen LogP contribution in [-0.4, -0.2) is 42.6 Å². The van der Waals surface area contributed by atoms with Crippen molar-refractivity contribution in [1.29, 1.82) is 0 Å². The highest BCUT2D eigenvalue weighted by Gasteiger charge is 2.21. The average Bonchev–Trinajstić information content (AvgIpc) is 2.35. The molecule has 0 spiro atoms. The second kappa shape index (κ2) is 4.98. The van der Waals surface area contributed by atoms with Gasteiger partial charge in [-0.3, -0.25) is 0 Å². The Labute approximate surface area is 106 Å². The minimum atomic E-state index is 0.349. The molecule has 1 aliphatic rings. The van der Waals surface area contributed by atoms with Crippen LogP contribution in [0, 0.1) is 0 Å². The molecule has 2 heterocycles. The standard InChI is InChI=1S/C11H18ClN5/c1-2-16-3-5-17(6-4-16)10-8(12)7-15-11(14)9(10)13/h7H,2-6,13H2,1H3,(H2,14,15). The number of piperazine rings is 1. The molecule has 0 aromatic carbocycles. The molecule has 0 atom stereocenters. The van der Waals surface area contributed by atoms with Gasteiger partial charge in [0.15, 0.2) is 0 Å². The first kappa shape index (κ1) is 12.3. The van der Waals surface area contributed by atoms with Gasteiger partial charge in [-0.25, -0.2) is 4.98 Å². The number of halogens is 1. The van der Waals surface area contributed by atoms with E-state index in [1.54, 1.807) is 6.20 Å². The Morgan fingerprint density at radius 2 is 1.94 bits per heavy atom. The lowest BCUT2D eigenvalue weighted by atomic mass is 10.2. The molecule has 1 aromatic heterocycles. The van der Waals surface area contributed by atoms with Gasteiger partial charge in [0, 0.05) is 26.2 Å². The van der Waals surface area contributed by atoms with Gasteiger partial charge in [-0.1, -0.05) is 18.5 Å². The molecule has 17 heavy (non-hydrogen) atoms. The molecular formula is C11H18ClN5. The van der Waals surface area contributed by atoms with Crippen LogP contribution in [0.5, 0.6) is 0 Å². The molecular weight excluding hydrogens is 238 g/mol. The molecule has 1 aliphatic heterocycles. The minimum Gasteiger partial charge on any atom is -0.394 e. The summed E-state index contributed by atoms with van der Waals surface area (Å²) in [4.78, 5) is 8.53. The van der Waals surface area contributed by atoms with Crippen LogP contribution in [0.4, 0.5) is 17.2 Å². The van der Waals surface area contributed by atoms with Crippen molar-refractivity contribution in [3.63, 3.8) is 0 Å². The number of hydrogen-bond donors (Lipinski definition) is 2. The third-order valence-electron chi connectivity index (χ3n) is 3.21. The first-order chi connectivity index (χ1) is 8.13. The lowest BCUT2D eigenvalue weighted by molar-refractivity contribution is 0.271. The molecule has 2 rings (SSSR count). The quantitative estimate of drug-likeness (QED) is 0.826. The van der Waals surface area contributed by atoms with Gasteiger partial charge < -0.3 is 21.3 Å². The molecule has 0 amide bonds. The zero-order chi connectivity index (χ0) is 12.4. The highest BCUT2D eigenvalue weighted by Crippen LogP contribution is 2.34. The smallest absolute Gasteiger partial charge is 0.148 e. The Kier molecular flexibility index (Phi) is 3.59. The molecule has 5 nitrogen and oxygen atoms in total. The Balaban J connectivity index is 2.21. The van der Waals surface area contributed by atoms with Crippen molar-refractivity contribution in [2.45, 2.75) is 6.92 Å². The van der Waals surface area contributed by atoms with Gasteiger partial charge in [-0.2, -0.15) is 0 Å². The topological polar surface area (TPSA) is 71.4 Å². The number of pyridine rings is 1. The van der Waals surface area contributed by atoms with E-state index in [1.807, 2.05) is 0 Å². The van der Waals surface area contributed by atoms with E-state index in [1.165, 1.54) is 0 Å². The fourth-order valence-corrected chi connectivity index (χ4v) is 2.39. The van der Waals surface area contributed by atoms with Crippen molar-refractivity contribution >= 4 is 28.8 Å². The van der Waals surface area contributed by atoms with Crippen LogP contribution >= 0.6 is 11.6 Å². The van der Waals surface area contributed by atoms with E-state index in [4.69, 9.17) is 23.1 Å². The van der Waals surface area contributed by atoms with Crippen LogP contribution in [-0.2, 0) is 0 Å². The largest absolute Gasteiger partial charge is 0.394 e. The molecule has 0 aliphatic carbocycles. The first-order valence-electron chi connectivity index (χ1n) is 5.80. The summed E-state index contributed by atoms with van der Waals surface area (Å²) < 4.78 is 0. The van der Waals surface area contributed by atoms with Crippen LogP contribution in [0.3, 0.4) is 0 Å². The van der Waals surface area contributed by atoms with E-state index in [2.05, 4.69) is 21.7 Å². The number of nitrogens with two attached hydrogens (primary N) is 2. The van der Waals surface area contributed by atoms with Crippen LogP contribution in [0.1, 0.15) is 6.92 Å².